The summed E-state index contributed by atoms with van der Waals surface area (Å²) in [7, 11) is -0.395. The van der Waals surface area contributed by atoms with Crippen LogP contribution in [0.25, 0.3) is 6.08 Å². The molecule has 1 fully saturated rings. The van der Waals surface area contributed by atoms with Crippen LogP contribution in [-0.2, 0) is 9.31 Å². The Morgan fingerprint density at radius 2 is 1.74 bits per heavy atom. The second kappa shape index (κ2) is 4.96. The van der Waals surface area contributed by atoms with Gasteiger partial charge in [0.15, 0.2) is 0 Å². The van der Waals surface area contributed by atoms with Crippen molar-refractivity contribution in [2.75, 3.05) is 0 Å². The summed E-state index contributed by atoms with van der Waals surface area (Å²) in [6.07, 6.45) is 1.81. The first-order valence-electron chi connectivity index (χ1n) is 6.24. The van der Waals surface area contributed by atoms with E-state index < -0.39 is 7.12 Å². The van der Waals surface area contributed by atoms with Gasteiger partial charge in [0.2, 0.25) is 0 Å². The molecule has 2 rings (SSSR count). The topological polar surface area (TPSA) is 38.7 Å². The molecule has 1 heterocycles. The lowest BCUT2D eigenvalue weighted by Gasteiger charge is -2.32. The quantitative estimate of drug-likeness (QED) is 0.841. The first-order chi connectivity index (χ1) is 8.71. The summed E-state index contributed by atoms with van der Waals surface area (Å²) in [6, 6.07) is 5.37. The van der Waals surface area contributed by atoms with E-state index in [9.17, 15) is 5.11 Å². The Labute approximate surface area is 122 Å². The number of phenolic OH excluding ortho intramolecular Hbond substituents is 1. The van der Waals surface area contributed by atoms with Gasteiger partial charge in [-0.15, -0.1) is 0 Å². The summed E-state index contributed by atoms with van der Waals surface area (Å²) in [5.41, 5.74) is 0.0472. The molecule has 0 bridgehead atoms. The third-order valence-corrected chi connectivity index (χ3v) is 4.19. The molecule has 0 amide bonds. The third kappa shape index (κ3) is 3.04. The minimum atomic E-state index is -0.395. The molecule has 1 saturated heterocycles. The van der Waals surface area contributed by atoms with Gasteiger partial charge in [-0.25, -0.2) is 0 Å². The molecule has 19 heavy (non-hydrogen) atoms. The highest BCUT2D eigenvalue weighted by atomic mass is 79.9. The van der Waals surface area contributed by atoms with Crippen molar-refractivity contribution in [2.45, 2.75) is 38.9 Å². The van der Waals surface area contributed by atoms with Crippen LogP contribution in [0.1, 0.15) is 33.3 Å². The molecule has 1 aromatic rings. The van der Waals surface area contributed by atoms with Gasteiger partial charge in [0.1, 0.15) is 5.75 Å². The van der Waals surface area contributed by atoms with Gasteiger partial charge in [-0.05, 0) is 39.8 Å². The summed E-state index contributed by atoms with van der Waals surface area (Å²) in [5.74, 6) is 2.04. The van der Waals surface area contributed by atoms with Crippen LogP contribution < -0.4 is 0 Å². The number of hydrogen-bond acceptors (Lipinski definition) is 3. The van der Waals surface area contributed by atoms with Crippen LogP contribution in [0.15, 0.2) is 28.6 Å². The molecule has 102 valence electrons. The minimum absolute atomic E-state index is 0.224. The van der Waals surface area contributed by atoms with Crippen molar-refractivity contribution in [1.29, 1.82) is 0 Å². The molecular formula is C14H18BBrO3. The van der Waals surface area contributed by atoms with Gasteiger partial charge in [0, 0.05) is 10.0 Å². The van der Waals surface area contributed by atoms with Crippen molar-refractivity contribution in [3.8, 4) is 5.75 Å². The van der Waals surface area contributed by atoms with Crippen LogP contribution in [0.4, 0.5) is 0 Å². The zero-order chi connectivity index (χ0) is 14.3. The molecule has 0 saturated carbocycles. The zero-order valence-corrected chi connectivity index (χ0v) is 13.2. The van der Waals surface area contributed by atoms with Crippen LogP contribution in [-0.4, -0.2) is 23.4 Å². The zero-order valence-electron chi connectivity index (χ0n) is 11.6. The summed E-state index contributed by atoms with van der Waals surface area (Å²) < 4.78 is 12.5. The molecular weight excluding hydrogens is 307 g/mol. The van der Waals surface area contributed by atoms with E-state index >= 15 is 0 Å². The summed E-state index contributed by atoms with van der Waals surface area (Å²) >= 11 is 3.31. The fraction of sp³-hybridized carbons (Fsp3) is 0.429. The van der Waals surface area contributed by atoms with Gasteiger partial charge < -0.3 is 14.4 Å². The van der Waals surface area contributed by atoms with Crippen molar-refractivity contribution >= 4 is 29.1 Å². The van der Waals surface area contributed by atoms with E-state index in [0.717, 1.165) is 10.0 Å². The second-order valence-electron chi connectivity index (χ2n) is 5.69. The Balaban J connectivity index is 2.13. The number of phenols is 1. The maximum Gasteiger partial charge on any atom is 0.487 e. The van der Waals surface area contributed by atoms with E-state index in [0.29, 0.717) is 0 Å². The van der Waals surface area contributed by atoms with Gasteiger partial charge in [-0.3, -0.25) is 0 Å². The Morgan fingerprint density at radius 1 is 1.16 bits per heavy atom. The molecule has 0 atom stereocenters. The number of rotatable bonds is 2. The fourth-order valence-corrected chi connectivity index (χ4v) is 2.16. The SMILES string of the molecule is CC1(C)OB(C=Cc2ccc(Br)cc2O)OC1(C)C. The number of hydrogen-bond donors (Lipinski definition) is 1. The van der Waals surface area contributed by atoms with Crippen LogP contribution in [0, 0.1) is 0 Å². The van der Waals surface area contributed by atoms with Crippen LogP contribution in [0.2, 0.25) is 0 Å². The predicted octanol–water partition coefficient (Wildman–Crippen LogP) is 3.80. The fourth-order valence-electron chi connectivity index (χ4n) is 1.81. The number of aromatic hydroxyl groups is 1. The lowest BCUT2D eigenvalue weighted by molar-refractivity contribution is 0.00578. The molecule has 0 unspecified atom stereocenters. The largest absolute Gasteiger partial charge is 0.507 e. The lowest BCUT2D eigenvalue weighted by atomic mass is 9.89. The minimum Gasteiger partial charge on any atom is -0.507 e. The van der Waals surface area contributed by atoms with Crippen LogP contribution in [0.5, 0.6) is 5.75 Å². The predicted molar refractivity (Wildman–Crippen MR) is 80.9 cm³/mol. The molecule has 3 nitrogen and oxygen atoms in total. The molecule has 5 heteroatoms. The van der Waals surface area contributed by atoms with Crippen molar-refractivity contribution < 1.29 is 14.4 Å². The van der Waals surface area contributed by atoms with Crippen molar-refractivity contribution in [3.05, 3.63) is 34.2 Å². The van der Waals surface area contributed by atoms with Crippen molar-refractivity contribution in [2.24, 2.45) is 0 Å². The van der Waals surface area contributed by atoms with Gasteiger partial charge in [0.05, 0.1) is 11.2 Å². The highest BCUT2D eigenvalue weighted by Gasteiger charge is 2.49. The Kier molecular flexibility index (Phi) is 3.82. The van der Waals surface area contributed by atoms with E-state index in [1.54, 1.807) is 6.07 Å². The van der Waals surface area contributed by atoms with Crippen LogP contribution in [0.3, 0.4) is 0 Å². The summed E-state index contributed by atoms with van der Waals surface area (Å²) in [5, 5.41) is 9.81. The summed E-state index contributed by atoms with van der Waals surface area (Å²) in [6.45, 7) is 8.05. The van der Waals surface area contributed by atoms with Gasteiger partial charge in [0.25, 0.3) is 0 Å². The first-order valence-corrected chi connectivity index (χ1v) is 7.03. The maximum absolute atomic E-state index is 9.81. The number of benzene rings is 1. The van der Waals surface area contributed by atoms with Crippen molar-refractivity contribution in [1.82, 2.24) is 0 Å². The van der Waals surface area contributed by atoms with E-state index in [4.69, 9.17) is 9.31 Å². The lowest BCUT2D eigenvalue weighted by Crippen LogP contribution is -2.41. The van der Waals surface area contributed by atoms with Gasteiger partial charge in [-0.1, -0.05) is 34.0 Å². The molecule has 1 aliphatic rings. The third-order valence-electron chi connectivity index (χ3n) is 3.70. The van der Waals surface area contributed by atoms with Crippen LogP contribution >= 0.6 is 15.9 Å². The van der Waals surface area contributed by atoms with Gasteiger partial charge >= 0.3 is 7.12 Å². The Hall–Kier alpha value is -0.775. The Morgan fingerprint density at radius 3 is 2.26 bits per heavy atom. The van der Waals surface area contributed by atoms with E-state index in [2.05, 4.69) is 15.9 Å². The molecule has 0 aromatic heterocycles. The highest BCUT2D eigenvalue weighted by Crippen LogP contribution is 2.37. The maximum atomic E-state index is 9.81. The monoisotopic (exact) mass is 324 g/mol. The number of halogens is 1. The average Bonchev–Trinajstić information content (AvgIpc) is 2.46. The average molecular weight is 325 g/mol. The molecule has 0 aliphatic carbocycles. The van der Waals surface area contributed by atoms with Gasteiger partial charge in [-0.2, -0.15) is 0 Å². The van der Waals surface area contributed by atoms with E-state index in [1.807, 2.05) is 51.9 Å². The normalized spacial score (nSPS) is 21.2. The first kappa shape index (κ1) is 14.6. The summed E-state index contributed by atoms with van der Waals surface area (Å²) in [4.78, 5) is 0. The molecule has 0 radical (unpaired) electrons. The standard InChI is InChI=1S/C14H18BBrO3/c1-13(2)14(3,4)19-15(18-13)8-7-10-5-6-11(16)9-12(10)17/h5-9,17H,1-4H3. The highest BCUT2D eigenvalue weighted by molar-refractivity contribution is 9.10. The van der Waals surface area contributed by atoms with E-state index in [-0.39, 0.29) is 17.0 Å². The Bertz CT molecular complexity index is 495. The second-order valence-corrected chi connectivity index (χ2v) is 6.60. The molecule has 1 aromatic carbocycles. The van der Waals surface area contributed by atoms with Crippen molar-refractivity contribution in [3.63, 3.8) is 0 Å². The molecule has 1 N–H and O–H groups in total. The smallest absolute Gasteiger partial charge is 0.487 e. The molecule has 1 aliphatic heterocycles. The molecule has 0 spiro atoms. The van der Waals surface area contributed by atoms with E-state index in [1.165, 1.54) is 0 Å².